The molecule has 4 aliphatic carbocycles. The third-order valence-electron chi connectivity index (χ3n) is 9.38. The van der Waals surface area contributed by atoms with E-state index in [9.17, 15) is 5.11 Å². The molecule has 6 rings (SSSR count). The number of hydrogen-bond donors (Lipinski definition) is 1. The van der Waals surface area contributed by atoms with Crippen LogP contribution in [0.5, 0.6) is 0 Å². The van der Waals surface area contributed by atoms with Gasteiger partial charge in [-0.05, 0) is 91.8 Å². The summed E-state index contributed by atoms with van der Waals surface area (Å²) < 4.78 is 2.22. The molecule has 2 aromatic rings. The fourth-order valence-electron chi connectivity index (χ4n) is 7.76. The van der Waals surface area contributed by atoms with Gasteiger partial charge in [-0.2, -0.15) is 0 Å². The molecule has 158 valence electrons. The SMILES string of the molecule is C[C@]12CCC(O)CC1=CC[C@@H]1[C@@H]2CC[C@]2(C)C(n3c(Cl)nc4ccccc43)=CC[C@@H]12. The molecule has 0 spiro atoms. The number of aromatic nitrogens is 2. The lowest BCUT2D eigenvalue weighted by Crippen LogP contribution is -2.50. The van der Waals surface area contributed by atoms with E-state index in [1.165, 1.54) is 25.0 Å². The van der Waals surface area contributed by atoms with Crippen molar-refractivity contribution in [3.05, 3.63) is 47.3 Å². The van der Waals surface area contributed by atoms with Crippen molar-refractivity contribution in [2.75, 3.05) is 0 Å². The summed E-state index contributed by atoms with van der Waals surface area (Å²) in [6.07, 6.45) is 12.6. The van der Waals surface area contributed by atoms with Crippen molar-refractivity contribution in [1.29, 1.82) is 0 Å². The van der Waals surface area contributed by atoms with Gasteiger partial charge in [-0.3, -0.25) is 4.57 Å². The zero-order valence-corrected chi connectivity index (χ0v) is 18.7. The lowest BCUT2D eigenvalue weighted by Gasteiger charge is -2.57. The highest BCUT2D eigenvalue weighted by molar-refractivity contribution is 6.29. The summed E-state index contributed by atoms with van der Waals surface area (Å²) >= 11 is 6.68. The van der Waals surface area contributed by atoms with Gasteiger partial charge in [0.05, 0.1) is 17.1 Å². The Kier molecular flexibility index (Phi) is 4.12. The average Bonchev–Trinajstić information content (AvgIpc) is 3.24. The van der Waals surface area contributed by atoms with E-state index >= 15 is 0 Å². The van der Waals surface area contributed by atoms with Gasteiger partial charge in [0.2, 0.25) is 5.28 Å². The number of allylic oxidation sites excluding steroid dienone is 3. The van der Waals surface area contributed by atoms with Crippen molar-refractivity contribution in [3.8, 4) is 0 Å². The normalized spacial score (nSPS) is 40.4. The number of aliphatic hydroxyl groups excluding tert-OH is 1. The molecule has 4 heteroatoms. The molecule has 1 N–H and O–H groups in total. The third kappa shape index (κ3) is 2.45. The van der Waals surface area contributed by atoms with Crippen LogP contribution in [0, 0.1) is 28.6 Å². The van der Waals surface area contributed by atoms with Gasteiger partial charge in [0, 0.05) is 11.1 Å². The highest BCUT2D eigenvalue weighted by atomic mass is 35.5. The minimum absolute atomic E-state index is 0.133. The van der Waals surface area contributed by atoms with Gasteiger partial charge in [-0.25, -0.2) is 4.98 Å². The lowest BCUT2D eigenvalue weighted by molar-refractivity contribution is -0.0248. The molecule has 2 fully saturated rings. The maximum absolute atomic E-state index is 10.2. The maximum Gasteiger partial charge on any atom is 0.208 e. The molecule has 0 bridgehead atoms. The highest BCUT2D eigenvalue weighted by Crippen LogP contribution is 2.65. The van der Waals surface area contributed by atoms with E-state index < -0.39 is 0 Å². The summed E-state index contributed by atoms with van der Waals surface area (Å²) in [5.74, 6) is 2.12. The van der Waals surface area contributed by atoms with Crippen LogP contribution in [0.25, 0.3) is 16.7 Å². The number of hydrogen-bond acceptors (Lipinski definition) is 2. The van der Waals surface area contributed by atoms with Crippen LogP contribution < -0.4 is 0 Å². The second kappa shape index (κ2) is 6.46. The van der Waals surface area contributed by atoms with Gasteiger partial charge < -0.3 is 5.11 Å². The van der Waals surface area contributed by atoms with Crippen LogP contribution in [0.2, 0.25) is 5.28 Å². The number of benzene rings is 1. The molecule has 2 saturated carbocycles. The number of fused-ring (bicyclic) bond motifs is 6. The van der Waals surface area contributed by atoms with Crippen LogP contribution in [0.15, 0.2) is 42.0 Å². The molecule has 0 radical (unpaired) electrons. The second-order valence-corrected chi connectivity index (χ2v) is 11.0. The number of nitrogens with zero attached hydrogens (tertiary/aromatic N) is 2. The van der Waals surface area contributed by atoms with Crippen molar-refractivity contribution >= 4 is 28.3 Å². The van der Waals surface area contributed by atoms with Gasteiger partial charge in [0.15, 0.2) is 0 Å². The van der Waals surface area contributed by atoms with E-state index in [1.807, 2.05) is 6.07 Å². The fourth-order valence-corrected chi connectivity index (χ4v) is 8.03. The third-order valence-corrected chi connectivity index (χ3v) is 9.63. The Morgan fingerprint density at radius 3 is 2.70 bits per heavy atom. The van der Waals surface area contributed by atoms with E-state index in [-0.39, 0.29) is 16.9 Å². The number of rotatable bonds is 1. The molecule has 1 aromatic carbocycles. The van der Waals surface area contributed by atoms with E-state index in [2.05, 4.69) is 53.7 Å². The first-order valence-corrected chi connectivity index (χ1v) is 12.0. The standard InChI is InChI=1S/C26H31ClN2O/c1-25-13-11-17(30)15-16(25)7-8-18-19-9-10-23(26(19,2)14-12-20(18)25)29-22-6-4-3-5-21(22)28-24(29)27/h3-7,10,17-20,30H,8-9,11-15H2,1-2H3/t17?,18-,19-,20-,25-,26-/m0/s1. The van der Waals surface area contributed by atoms with Gasteiger partial charge in [0.1, 0.15) is 0 Å². The molecule has 1 aromatic heterocycles. The van der Waals surface area contributed by atoms with Crippen molar-refractivity contribution in [2.45, 2.75) is 64.9 Å². The smallest absolute Gasteiger partial charge is 0.208 e. The fraction of sp³-hybridized carbons (Fsp3) is 0.577. The van der Waals surface area contributed by atoms with Gasteiger partial charge in [-0.15, -0.1) is 0 Å². The molecule has 3 nitrogen and oxygen atoms in total. The van der Waals surface area contributed by atoms with E-state index in [0.29, 0.717) is 11.2 Å². The van der Waals surface area contributed by atoms with Crippen LogP contribution in [-0.4, -0.2) is 20.8 Å². The Balaban J connectivity index is 1.38. The summed E-state index contributed by atoms with van der Waals surface area (Å²) in [5, 5.41) is 10.8. The first-order chi connectivity index (χ1) is 14.4. The van der Waals surface area contributed by atoms with Crippen molar-refractivity contribution < 1.29 is 5.11 Å². The predicted octanol–water partition coefficient (Wildman–Crippen LogP) is 6.46. The zero-order chi connectivity index (χ0) is 20.7. The van der Waals surface area contributed by atoms with Crippen LogP contribution in [0.3, 0.4) is 0 Å². The predicted molar refractivity (Wildman–Crippen MR) is 122 cm³/mol. The molecule has 0 amide bonds. The van der Waals surface area contributed by atoms with Gasteiger partial charge in [0.25, 0.3) is 0 Å². The Morgan fingerprint density at radius 2 is 1.83 bits per heavy atom. The Bertz CT molecular complexity index is 1080. The first-order valence-electron chi connectivity index (χ1n) is 11.6. The van der Waals surface area contributed by atoms with Crippen molar-refractivity contribution in [2.24, 2.45) is 28.6 Å². The van der Waals surface area contributed by atoms with Crippen LogP contribution in [0.1, 0.15) is 58.8 Å². The zero-order valence-electron chi connectivity index (χ0n) is 17.9. The largest absolute Gasteiger partial charge is 0.393 e. The molecular weight excluding hydrogens is 392 g/mol. The molecule has 1 unspecified atom stereocenters. The summed E-state index contributed by atoms with van der Waals surface area (Å²) in [4.78, 5) is 4.63. The molecule has 4 aliphatic rings. The maximum atomic E-state index is 10.2. The van der Waals surface area contributed by atoms with E-state index in [1.54, 1.807) is 5.57 Å². The monoisotopic (exact) mass is 422 g/mol. The number of halogens is 1. The number of para-hydroxylation sites is 2. The molecule has 1 heterocycles. The highest BCUT2D eigenvalue weighted by Gasteiger charge is 2.57. The average molecular weight is 423 g/mol. The molecule has 0 aliphatic heterocycles. The topological polar surface area (TPSA) is 38.0 Å². The van der Waals surface area contributed by atoms with E-state index in [0.717, 1.165) is 48.6 Å². The molecule has 0 saturated heterocycles. The number of aliphatic hydroxyl groups is 1. The van der Waals surface area contributed by atoms with Crippen LogP contribution in [0.4, 0.5) is 0 Å². The molecular formula is C26H31ClN2O. The van der Waals surface area contributed by atoms with Gasteiger partial charge in [-0.1, -0.05) is 43.7 Å². The van der Waals surface area contributed by atoms with Crippen LogP contribution >= 0.6 is 11.6 Å². The Morgan fingerprint density at radius 1 is 1.03 bits per heavy atom. The molecule has 30 heavy (non-hydrogen) atoms. The summed E-state index contributed by atoms with van der Waals surface area (Å²) in [6, 6.07) is 8.30. The summed E-state index contributed by atoms with van der Waals surface area (Å²) in [7, 11) is 0. The van der Waals surface area contributed by atoms with Gasteiger partial charge >= 0.3 is 0 Å². The number of imidazole rings is 1. The van der Waals surface area contributed by atoms with Crippen molar-refractivity contribution in [3.63, 3.8) is 0 Å². The lowest BCUT2D eigenvalue weighted by atomic mass is 9.48. The van der Waals surface area contributed by atoms with E-state index in [4.69, 9.17) is 11.6 Å². The summed E-state index contributed by atoms with van der Waals surface area (Å²) in [6.45, 7) is 4.97. The quantitative estimate of drug-likeness (QED) is 0.535. The minimum Gasteiger partial charge on any atom is -0.393 e. The van der Waals surface area contributed by atoms with Crippen molar-refractivity contribution in [1.82, 2.24) is 9.55 Å². The Hall–Kier alpha value is -1.58. The minimum atomic E-state index is -0.133. The second-order valence-electron chi connectivity index (χ2n) is 10.6. The summed E-state index contributed by atoms with van der Waals surface area (Å²) in [5.41, 5.74) is 5.43. The van der Waals surface area contributed by atoms with Crippen LogP contribution in [-0.2, 0) is 0 Å². The molecule has 6 atom stereocenters. The first kappa shape index (κ1) is 19.1. The Labute approximate surface area is 183 Å².